The Kier molecular flexibility index (Phi) is 11.0. The summed E-state index contributed by atoms with van der Waals surface area (Å²) in [6, 6.07) is 0. The number of carboxylic acids is 2. The first-order chi connectivity index (χ1) is 9.99. The number of rotatable bonds is 12. The van der Waals surface area contributed by atoms with Crippen molar-refractivity contribution in [2.45, 2.75) is 64.7 Å². The molecule has 5 heteroatoms. The van der Waals surface area contributed by atoms with Gasteiger partial charge in [-0.05, 0) is 18.9 Å². The van der Waals surface area contributed by atoms with Crippen LogP contribution < -0.4 is 0 Å². The fourth-order valence-corrected chi connectivity index (χ4v) is 2.00. The Hall–Kier alpha value is -1.78. The number of aliphatic carboxylic acids is 2. The van der Waals surface area contributed by atoms with E-state index < -0.39 is 23.3 Å². The van der Waals surface area contributed by atoms with Gasteiger partial charge in [0.25, 0.3) is 0 Å². The van der Waals surface area contributed by atoms with E-state index in [1.165, 1.54) is 38.2 Å². The summed E-state index contributed by atoms with van der Waals surface area (Å²) in [6.07, 6.45) is 11.7. The molecule has 0 spiro atoms. The Balaban J connectivity index is 3.96. The average Bonchev–Trinajstić information content (AvgIpc) is 2.42. The third-order valence-electron chi connectivity index (χ3n) is 3.17. The highest BCUT2D eigenvalue weighted by molar-refractivity contribution is 5.97. The highest BCUT2D eigenvalue weighted by Gasteiger charge is 2.13. The predicted molar refractivity (Wildman–Crippen MR) is 81.3 cm³/mol. The zero-order valence-corrected chi connectivity index (χ0v) is 12.7. The molecule has 120 valence electrons. The first kappa shape index (κ1) is 19.2. The van der Waals surface area contributed by atoms with E-state index in [-0.39, 0.29) is 0 Å². The number of carboxylic acid groups (broad SMARTS) is 2. The fourth-order valence-electron chi connectivity index (χ4n) is 2.00. The second kappa shape index (κ2) is 12.0. The van der Waals surface area contributed by atoms with Gasteiger partial charge in [0.15, 0.2) is 0 Å². The van der Waals surface area contributed by atoms with Crippen LogP contribution in [0.3, 0.4) is 0 Å². The summed E-state index contributed by atoms with van der Waals surface area (Å²) in [4.78, 5) is 21.3. The van der Waals surface area contributed by atoms with Gasteiger partial charge in [0.1, 0.15) is 11.3 Å². The lowest BCUT2D eigenvalue weighted by atomic mass is 10.1. The van der Waals surface area contributed by atoms with E-state index in [0.717, 1.165) is 19.3 Å². The third kappa shape index (κ3) is 10.6. The quantitative estimate of drug-likeness (QED) is 0.219. The molecule has 0 aromatic carbocycles. The van der Waals surface area contributed by atoms with Gasteiger partial charge >= 0.3 is 11.9 Å². The molecule has 0 saturated heterocycles. The third-order valence-corrected chi connectivity index (χ3v) is 3.17. The Morgan fingerprint density at radius 3 is 1.86 bits per heavy atom. The van der Waals surface area contributed by atoms with Crippen molar-refractivity contribution in [3.8, 4) is 0 Å². The van der Waals surface area contributed by atoms with Crippen LogP contribution in [0.4, 0.5) is 0 Å². The summed E-state index contributed by atoms with van der Waals surface area (Å²) in [5, 5.41) is 26.9. The number of carbonyl (C=O) groups is 2. The minimum absolute atomic E-state index is 0.479. The number of aliphatic hydroxyl groups is 1. The van der Waals surface area contributed by atoms with Gasteiger partial charge in [0.2, 0.25) is 0 Å². The molecule has 0 radical (unpaired) electrons. The molecule has 5 nitrogen and oxygen atoms in total. The SMILES string of the molecule is CCCCCCCCCCC=C(O)/C(=C/C(=O)O)C(=O)O. The molecule has 0 aromatic heterocycles. The molecule has 0 fully saturated rings. The Labute approximate surface area is 126 Å². The van der Waals surface area contributed by atoms with Crippen molar-refractivity contribution < 1.29 is 24.9 Å². The van der Waals surface area contributed by atoms with E-state index in [4.69, 9.17) is 10.2 Å². The predicted octanol–water partition coefficient (Wildman–Crippen LogP) is 4.05. The van der Waals surface area contributed by atoms with Crippen molar-refractivity contribution >= 4 is 11.9 Å². The van der Waals surface area contributed by atoms with Crippen LogP contribution in [0.25, 0.3) is 0 Å². The maximum atomic E-state index is 10.8. The van der Waals surface area contributed by atoms with Gasteiger partial charge in [0.05, 0.1) is 0 Å². The Morgan fingerprint density at radius 2 is 1.38 bits per heavy atom. The van der Waals surface area contributed by atoms with Crippen LogP contribution in [-0.4, -0.2) is 27.3 Å². The highest BCUT2D eigenvalue weighted by atomic mass is 16.4. The monoisotopic (exact) mass is 298 g/mol. The first-order valence-corrected chi connectivity index (χ1v) is 7.56. The maximum absolute atomic E-state index is 10.8. The first-order valence-electron chi connectivity index (χ1n) is 7.56. The van der Waals surface area contributed by atoms with E-state index in [2.05, 4.69) is 6.92 Å². The van der Waals surface area contributed by atoms with Crippen molar-refractivity contribution in [1.29, 1.82) is 0 Å². The van der Waals surface area contributed by atoms with Gasteiger partial charge in [-0.25, -0.2) is 9.59 Å². The summed E-state index contributed by atoms with van der Waals surface area (Å²) < 4.78 is 0. The second-order valence-corrected chi connectivity index (χ2v) is 5.05. The van der Waals surface area contributed by atoms with E-state index in [1.54, 1.807) is 0 Å². The molecule has 0 atom stereocenters. The van der Waals surface area contributed by atoms with Gasteiger partial charge < -0.3 is 15.3 Å². The van der Waals surface area contributed by atoms with Crippen molar-refractivity contribution in [3.05, 3.63) is 23.5 Å². The van der Waals surface area contributed by atoms with Gasteiger partial charge in [-0.15, -0.1) is 0 Å². The molecule has 21 heavy (non-hydrogen) atoms. The van der Waals surface area contributed by atoms with Crippen LogP contribution in [0.15, 0.2) is 23.5 Å². The van der Waals surface area contributed by atoms with Crippen molar-refractivity contribution in [1.82, 2.24) is 0 Å². The highest BCUT2D eigenvalue weighted by Crippen LogP contribution is 2.12. The van der Waals surface area contributed by atoms with Crippen molar-refractivity contribution in [2.24, 2.45) is 0 Å². The summed E-state index contributed by atoms with van der Waals surface area (Å²) in [6.45, 7) is 2.18. The lowest BCUT2D eigenvalue weighted by molar-refractivity contribution is -0.135. The molecule has 0 aliphatic carbocycles. The normalized spacial score (nSPS) is 12.4. The molecule has 0 heterocycles. The summed E-state index contributed by atoms with van der Waals surface area (Å²) in [5.41, 5.74) is -0.581. The molecule has 0 aliphatic rings. The van der Waals surface area contributed by atoms with E-state index in [9.17, 15) is 14.7 Å². The minimum Gasteiger partial charge on any atom is -0.507 e. The number of unbranched alkanes of at least 4 members (excludes halogenated alkanes) is 8. The molecule has 0 bridgehead atoms. The number of hydrogen-bond donors (Lipinski definition) is 3. The molecule has 0 aliphatic heterocycles. The maximum Gasteiger partial charge on any atom is 0.339 e. The average molecular weight is 298 g/mol. The van der Waals surface area contributed by atoms with Crippen molar-refractivity contribution in [3.63, 3.8) is 0 Å². The zero-order valence-electron chi connectivity index (χ0n) is 12.7. The van der Waals surface area contributed by atoms with E-state index in [0.29, 0.717) is 12.5 Å². The standard InChI is InChI=1S/C16H26O5/c1-2-3-4-5-6-7-8-9-10-11-14(17)13(16(20)21)12-15(18)19/h11-12,17H,2-10H2,1H3,(H,18,19)(H,20,21)/b13-12-,14-11?. The van der Waals surface area contributed by atoms with Crippen LogP contribution in [-0.2, 0) is 9.59 Å². The lowest BCUT2D eigenvalue weighted by Crippen LogP contribution is -2.06. The molecule has 0 aromatic rings. The zero-order chi connectivity index (χ0) is 16.1. The molecule has 3 N–H and O–H groups in total. The van der Waals surface area contributed by atoms with Gasteiger partial charge in [-0.1, -0.05) is 51.9 Å². The Bertz CT molecular complexity index is 382. The molecular weight excluding hydrogens is 272 g/mol. The molecule has 0 amide bonds. The molecular formula is C16H26O5. The number of aliphatic hydroxyl groups excluding tert-OH is 1. The van der Waals surface area contributed by atoms with Crippen LogP contribution in [0.2, 0.25) is 0 Å². The topological polar surface area (TPSA) is 94.8 Å². The Morgan fingerprint density at radius 1 is 0.857 bits per heavy atom. The largest absolute Gasteiger partial charge is 0.507 e. The summed E-state index contributed by atoms with van der Waals surface area (Å²) >= 11 is 0. The molecule has 0 saturated carbocycles. The van der Waals surface area contributed by atoms with E-state index in [1.807, 2.05) is 0 Å². The van der Waals surface area contributed by atoms with Crippen LogP contribution >= 0.6 is 0 Å². The van der Waals surface area contributed by atoms with Crippen LogP contribution in [0, 0.1) is 0 Å². The minimum atomic E-state index is -1.44. The van der Waals surface area contributed by atoms with Gasteiger partial charge in [-0.2, -0.15) is 0 Å². The summed E-state index contributed by atoms with van der Waals surface area (Å²) in [5.74, 6) is -3.31. The fraction of sp³-hybridized carbons (Fsp3) is 0.625. The summed E-state index contributed by atoms with van der Waals surface area (Å²) in [7, 11) is 0. The smallest absolute Gasteiger partial charge is 0.339 e. The lowest BCUT2D eigenvalue weighted by Gasteiger charge is -2.02. The number of hydrogen-bond acceptors (Lipinski definition) is 3. The molecule has 0 rings (SSSR count). The van der Waals surface area contributed by atoms with Crippen LogP contribution in [0.1, 0.15) is 64.7 Å². The number of allylic oxidation sites excluding steroid dienone is 1. The molecule has 0 unspecified atom stereocenters. The van der Waals surface area contributed by atoms with Gasteiger partial charge in [-0.3, -0.25) is 0 Å². The van der Waals surface area contributed by atoms with Crippen LogP contribution in [0.5, 0.6) is 0 Å². The van der Waals surface area contributed by atoms with Gasteiger partial charge in [0, 0.05) is 6.08 Å². The van der Waals surface area contributed by atoms with E-state index >= 15 is 0 Å². The van der Waals surface area contributed by atoms with Crippen molar-refractivity contribution in [2.75, 3.05) is 0 Å². The second-order valence-electron chi connectivity index (χ2n) is 5.05.